The monoisotopic (exact) mass is 583 g/mol. The van der Waals surface area contributed by atoms with Gasteiger partial charge < -0.3 is 13.6 Å². The fourth-order valence-corrected chi connectivity index (χ4v) is 6.84. The van der Waals surface area contributed by atoms with Gasteiger partial charge in [-0.15, -0.1) is 0 Å². The number of benzene rings is 7. The molecule has 0 N–H and O–H groups in total. The van der Waals surface area contributed by atoms with Crippen LogP contribution in [-0.2, 0) is 0 Å². The Morgan fingerprint density at radius 3 is 2.04 bits per heavy atom. The van der Waals surface area contributed by atoms with Gasteiger partial charge in [-0.1, -0.05) is 103 Å². The SMILES string of the molecule is [2H]c1c([2H])c([2H])c(-c2ccc3oc4cccc(-n5c6ccccc6c6ccc(-n7c8ccccc8c8c([2H])c([2H])c([2H])c([2H])c87)cc65)c4c3c2)c([2H])c1[2H]. The topological polar surface area (TPSA) is 23.0 Å². The molecule has 45 heavy (non-hydrogen) atoms. The quantitative estimate of drug-likeness (QED) is 0.203. The van der Waals surface area contributed by atoms with Gasteiger partial charge in [-0.2, -0.15) is 0 Å². The molecule has 10 rings (SSSR count). The third kappa shape index (κ3) is 3.46. The van der Waals surface area contributed by atoms with Gasteiger partial charge in [0.25, 0.3) is 0 Å². The van der Waals surface area contributed by atoms with Gasteiger partial charge in [0, 0.05) is 32.6 Å². The summed E-state index contributed by atoms with van der Waals surface area (Å²) in [5, 5.41) is 4.66. The Morgan fingerprint density at radius 1 is 0.444 bits per heavy atom. The first kappa shape index (κ1) is 17.3. The van der Waals surface area contributed by atoms with E-state index in [-0.39, 0.29) is 41.8 Å². The Balaban J connectivity index is 1.29. The number of nitrogens with zero attached hydrogens (tertiary/aromatic N) is 2. The lowest BCUT2D eigenvalue weighted by Crippen LogP contribution is -1.97. The van der Waals surface area contributed by atoms with Crippen molar-refractivity contribution in [2.45, 2.75) is 0 Å². The van der Waals surface area contributed by atoms with Crippen molar-refractivity contribution in [2.75, 3.05) is 0 Å². The van der Waals surface area contributed by atoms with Crippen molar-refractivity contribution in [3.63, 3.8) is 0 Å². The summed E-state index contributed by atoms with van der Waals surface area (Å²) < 4.78 is 87.0. The minimum atomic E-state index is -0.446. The Kier molecular flexibility index (Phi) is 3.54. The number of aromatic nitrogens is 2. The molecule has 0 aliphatic heterocycles. The van der Waals surface area contributed by atoms with Crippen molar-refractivity contribution in [2.24, 2.45) is 0 Å². The van der Waals surface area contributed by atoms with Gasteiger partial charge in [-0.05, 0) is 65.7 Å². The lowest BCUT2D eigenvalue weighted by molar-refractivity contribution is 0.669. The molecule has 210 valence electrons. The van der Waals surface area contributed by atoms with Crippen molar-refractivity contribution in [1.29, 1.82) is 0 Å². The third-order valence-corrected chi connectivity index (χ3v) is 8.72. The molecule has 0 unspecified atom stereocenters. The molecule has 0 bridgehead atoms. The van der Waals surface area contributed by atoms with Crippen LogP contribution in [0.3, 0.4) is 0 Å². The smallest absolute Gasteiger partial charge is 0.137 e. The summed E-state index contributed by atoms with van der Waals surface area (Å²) in [4.78, 5) is 0. The zero-order valence-electron chi connectivity index (χ0n) is 32.6. The largest absolute Gasteiger partial charge is 0.456 e. The highest BCUT2D eigenvalue weighted by Crippen LogP contribution is 2.41. The Bertz CT molecular complexity index is 3260. The van der Waals surface area contributed by atoms with Crippen LogP contribution in [0.15, 0.2) is 162 Å². The maximum Gasteiger partial charge on any atom is 0.137 e. The van der Waals surface area contributed by atoms with E-state index in [0.717, 1.165) is 49.5 Å². The van der Waals surface area contributed by atoms with Gasteiger partial charge >= 0.3 is 0 Å². The summed E-state index contributed by atoms with van der Waals surface area (Å²) in [7, 11) is 0. The van der Waals surface area contributed by atoms with Gasteiger partial charge in [0.2, 0.25) is 0 Å². The Hall–Kier alpha value is -6.06. The van der Waals surface area contributed by atoms with Crippen LogP contribution in [-0.4, -0.2) is 9.13 Å². The number of rotatable bonds is 3. The van der Waals surface area contributed by atoms with Gasteiger partial charge in [0.05, 0.1) is 45.5 Å². The van der Waals surface area contributed by atoms with Crippen molar-refractivity contribution in [1.82, 2.24) is 9.13 Å². The summed E-state index contributed by atoms with van der Waals surface area (Å²) in [5.41, 5.74) is 6.22. The van der Waals surface area contributed by atoms with Gasteiger partial charge in [0.15, 0.2) is 0 Å². The van der Waals surface area contributed by atoms with E-state index in [0.29, 0.717) is 33.0 Å². The number of para-hydroxylation sites is 3. The predicted molar refractivity (Wildman–Crippen MR) is 188 cm³/mol. The predicted octanol–water partition coefficient (Wildman–Crippen LogP) is 11.4. The maximum absolute atomic E-state index is 8.98. The lowest BCUT2D eigenvalue weighted by atomic mass is 10.0. The van der Waals surface area contributed by atoms with E-state index in [1.165, 1.54) is 0 Å². The van der Waals surface area contributed by atoms with Crippen LogP contribution in [0, 0.1) is 0 Å². The fourth-order valence-electron chi connectivity index (χ4n) is 6.84. The highest BCUT2D eigenvalue weighted by molar-refractivity contribution is 6.15. The number of furan rings is 1. The van der Waals surface area contributed by atoms with Crippen LogP contribution in [0.5, 0.6) is 0 Å². The van der Waals surface area contributed by atoms with E-state index < -0.39 is 18.1 Å². The van der Waals surface area contributed by atoms with Gasteiger partial charge in [-0.25, -0.2) is 0 Å². The molecule has 3 nitrogen and oxygen atoms in total. The summed E-state index contributed by atoms with van der Waals surface area (Å²) in [6.07, 6.45) is 0. The molecule has 3 aromatic heterocycles. The molecule has 7 aromatic carbocycles. The molecule has 0 saturated carbocycles. The molecule has 3 heterocycles. The first-order valence-electron chi connectivity index (χ1n) is 19.1. The van der Waals surface area contributed by atoms with Crippen LogP contribution in [0.25, 0.3) is 88.1 Å². The van der Waals surface area contributed by atoms with E-state index in [4.69, 9.17) is 16.8 Å². The average molecular weight is 584 g/mol. The zero-order valence-corrected chi connectivity index (χ0v) is 23.6. The second-order valence-corrected chi connectivity index (χ2v) is 11.1. The fraction of sp³-hybridized carbons (Fsp3) is 0. The van der Waals surface area contributed by atoms with E-state index in [1.807, 2.05) is 89.5 Å². The van der Waals surface area contributed by atoms with Gasteiger partial charge in [-0.3, -0.25) is 0 Å². The van der Waals surface area contributed by atoms with Crippen molar-refractivity contribution >= 4 is 65.6 Å². The maximum atomic E-state index is 8.98. The Labute approximate surface area is 271 Å². The van der Waals surface area contributed by atoms with Crippen LogP contribution in [0.4, 0.5) is 0 Å². The highest BCUT2D eigenvalue weighted by Gasteiger charge is 2.19. The minimum Gasteiger partial charge on any atom is -0.456 e. The molecule has 0 saturated heterocycles. The highest BCUT2D eigenvalue weighted by atomic mass is 16.3. The number of fused-ring (bicyclic) bond motifs is 9. The molecule has 0 fully saturated rings. The summed E-state index contributed by atoms with van der Waals surface area (Å²) in [6, 6.07) is 30.2. The summed E-state index contributed by atoms with van der Waals surface area (Å²) >= 11 is 0. The lowest BCUT2D eigenvalue weighted by Gasteiger charge is -2.12. The molecule has 0 aliphatic carbocycles. The average Bonchev–Trinajstić information content (AvgIpc) is 3.85. The molecule has 0 aliphatic rings. The second kappa shape index (κ2) is 9.22. The molecule has 0 spiro atoms. The van der Waals surface area contributed by atoms with Crippen LogP contribution in [0.2, 0.25) is 0 Å². The van der Waals surface area contributed by atoms with Crippen molar-refractivity contribution in [3.05, 3.63) is 158 Å². The number of hydrogen-bond donors (Lipinski definition) is 0. The molecule has 0 atom stereocenters. The molecule has 10 aromatic rings. The second-order valence-electron chi connectivity index (χ2n) is 11.1. The van der Waals surface area contributed by atoms with E-state index >= 15 is 0 Å². The zero-order chi connectivity index (χ0) is 37.3. The standard InChI is InChI=1S/C42H26N2O/c1-2-11-27(12-3-1)28-21-24-40-34(25-28)42-38(19-10-20-41(42)45-40)44-37-18-9-6-15-32(37)33-23-22-29(26-39(33)44)43-35-16-7-4-13-30(35)31-14-5-8-17-36(31)43/h1-26H/i1D,2D,3D,4D,7D,11D,12D,13D,16D. The van der Waals surface area contributed by atoms with Crippen LogP contribution in [0.1, 0.15) is 12.3 Å². The normalized spacial score (nSPS) is 14.8. The number of hydrogen-bond acceptors (Lipinski definition) is 1. The summed E-state index contributed by atoms with van der Waals surface area (Å²) in [5.74, 6) is 0. The van der Waals surface area contributed by atoms with Crippen LogP contribution >= 0.6 is 0 Å². The van der Waals surface area contributed by atoms with E-state index in [1.54, 1.807) is 12.1 Å². The Morgan fingerprint density at radius 2 is 1.18 bits per heavy atom. The first-order valence-corrected chi connectivity index (χ1v) is 14.6. The van der Waals surface area contributed by atoms with E-state index in [9.17, 15) is 0 Å². The molecular formula is C42H26N2O. The minimum absolute atomic E-state index is 0.0855. The van der Waals surface area contributed by atoms with Crippen molar-refractivity contribution in [3.8, 4) is 22.5 Å². The van der Waals surface area contributed by atoms with Crippen molar-refractivity contribution < 1.29 is 16.8 Å². The molecule has 0 amide bonds. The van der Waals surface area contributed by atoms with Crippen LogP contribution < -0.4 is 0 Å². The first-order chi connectivity index (χ1) is 26.1. The molecule has 0 radical (unpaired) electrons. The summed E-state index contributed by atoms with van der Waals surface area (Å²) in [6.45, 7) is 0. The van der Waals surface area contributed by atoms with Gasteiger partial charge in [0.1, 0.15) is 11.2 Å². The third-order valence-electron chi connectivity index (χ3n) is 8.72. The molecule has 3 heteroatoms. The molecular weight excluding hydrogens is 548 g/mol. The van der Waals surface area contributed by atoms with E-state index in [2.05, 4.69) is 10.6 Å².